The molecule has 0 saturated heterocycles. The number of rotatable bonds is 11. The average molecular weight is 506 g/mol. The normalized spacial score (nSPS) is 16.0. The number of nitrogens with two attached hydrogens (primary N) is 1. The van der Waals surface area contributed by atoms with Gasteiger partial charge in [0, 0.05) is 46.1 Å². The summed E-state index contributed by atoms with van der Waals surface area (Å²) in [4.78, 5) is 31.1. The molecule has 1 unspecified atom stereocenters. The van der Waals surface area contributed by atoms with E-state index in [4.69, 9.17) is 15.2 Å². The highest BCUT2D eigenvalue weighted by atomic mass is 32.2. The van der Waals surface area contributed by atoms with E-state index in [1.54, 1.807) is 14.2 Å². The first-order valence-corrected chi connectivity index (χ1v) is 12.9. The lowest BCUT2D eigenvalue weighted by atomic mass is 9.99. The van der Waals surface area contributed by atoms with E-state index in [2.05, 4.69) is 21.1 Å². The summed E-state index contributed by atoms with van der Waals surface area (Å²) < 4.78 is 25.2. The maximum atomic E-state index is 12.9. The van der Waals surface area contributed by atoms with Gasteiger partial charge in [-0.05, 0) is 60.8 Å². The molecule has 0 aromatic heterocycles. The van der Waals surface area contributed by atoms with Crippen molar-refractivity contribution in [3.63, 3.8) is 0 Å². The molecule has 2 aliphatic carbocycles. The van der Waals surface area contributed by atoms with Crippen molar-refractivity contribution in [1.82, 2.24) is 9.62 Å². The number of amides is 3. The Hall–Kier alpha value is -2.60. The molecule has 0 heterocycles. The van der Waals surface area contributed by atoms with Crippen molar-refractivity contribution in [2.24, 2.45) is 10.7 Å². The Morgan fingerprint density at radius 3 is 2.20 bits per heavy atom. The Kier molecular flexibility index (Phi) is 9.96. The van der Waals surface area contributed by atoms with Crippen LogP contribution >= 0.6 is 0 Å². The van der Waals surface area contributed by atoms with Crippen molar-refractivity contribution in [3.8, 4) is 0 Å². The number of ether oxygens (including phenoxy) is 2. The first-order chi connectivity index (χ1) is 16.9. The number of aryl methyl sites for hydroxylation is 2. The molecule has 4 N–H and O–H groups in total. The molecule has 35 heavy (non-hydrogen) atoms. The zero-order valence-electron chi connectivity index (χ0n) is 20.6. The number of urea groups is 1. The molecule has 0 fully saturated rings. The first kappa shape index (κ1) is 27.0. The fraction of sp³-hybridized carbons (Fsp3) is 0.542. The number of carbonyl (C=O) groups is 2. The largest absolute Gasteiger partial charge is 0.587 e. The highest BCUT2D eigenvalue weighted by Gasteiger charge is 2.27. The number of nitrogens with zero attached hydrogens (tertiary/aromatic N) is 2. The van der Waals surface area contributed by atoms with Crippen molar-refractivity contribution < 1.29 is 23.6 Å². The number of benzene rings is 1. The van der Waals surface area contributed by atoms with Crippen molar-refractivity contribution in [1.29, 1.82) is 0 Å². The predicted molar refractivity (Wildman–Crippen MR) is 137 cm³/mol. The topological polar surface area (TPSA) is 141 Å². The van der Waals surface area contributed by atoms with E-state index in [0.717, 1.165) is 44.2 Å². The van der Waals surface area contributed by atoms with Crippen LogP contribution in [0, 0.1) is 0 Å². The van der Waals surface area contributed by atoms with Gasteiger partial charge in [-0.3, -0.25) is 9.79 Å². The van der Waals surface area contributed by atoms with Crippen molar-refractivity contribution in [3.05, 3.63) is 39.4 Å². The second-order valence-electron chi connectivity index (χ2n) is 8.49. The summed E-state index contributed by atoms with van der Waals surface area (Å²) in [5.74, 6) is -0.401. The summed E-state index contributed by atoms with van der Waals surface area (Å²) in [6.07, 6.45) is 7.22. The van der Waals surface area contributed by atoms with Crippen LogP contribution < -0.4 is 15.8 Å². The van der Waals surface area contributed by atoms with Crippen molar-refractivity contribution in [2.75, 3.05) is 52.9 Å². The molecule has 10 nitrogen and oxygen atoms in total. The molecule has 2 aliphatic rings. The molecule has 192 valence electrons. The van der Waals surface area contributed by atoms with Crippen LogP contribution in [0.25, 0.3) is 0 Å². The SMILES string of the molecule is CN=C(C=C(N)[S+]([O-])NC(=O)Nc1c2c(cc3c1CCC3)CCC2)C(=O)N(CCOC)CCOC. The van der Waals surface area contributed by atoms with Gasteiger partial charge in [0.1, 0.15) is 17.1 Å². The molecule has 1 aromatic carbocycles. The van der Waals surface area contributed by atoms with Gasteiger partial charge in [0.2, 0.25) is 5.03 Å². The van der Waals surface area contributed by atoms with Crippen LogP contribution in [-0.2, 0) is 51.3 Å². The summed E-state index contributed by atoms with van der Waals surface area (Å²) >= 11 is -2.05. The number of methoxy groups -OCH3 is 2. The van der Waals surface area contributed by atoms with Crippen molar-refractivity contribution in [2.45, 2.75) is 38.5 Å². The van der Waals surface area contributed by atoms with Gasteiger partial charge in [0.05, 0.1) is 13.2 Å². The van der Waals surface area contributed by atoms with Crippen LogP contribution in [0.2, 0.25) is 0 Å². The number of fused-ring (bicyclic) bond motifs is 2. The highest BCUT2D eigenvalue weighted by molar-refractivity contribution is 7.93. The summed E-state index contributed by atoms with van der Waals surface area (Å²) in [5.41, 5.74) is 11.8. The van der Waals surface area contributed by atoms with Gasteiger partial charge < -0.3 is 30.0 Å². The van der Waals surface area contributed by atoms with E-state index in [-0.39, 0.29) is 10.7 Å². The average Bonchev–Trinajstić information content (AvgIpc) is 3.51. The van der Waals surface area contributed by atoms with Crippen LogP contribution in [0.1, 0.15) is 35.1 Å². The summed E-state index contributed by atoms with van der Waals surface area (Å²) in [5, 5.41) is 2.74. The minimum atomic E-state index is -2.05. The molecule has 1 aromatic rings. The quantitative estimate of drug-likeness (QED) is 0.307. The first-order valence-electron chi connectivity index (χ1n) is 11.8. The molecular formula is C24H35N5O5S. The number of carbonyl (C=O) groups excluding carboxylic acids is 2. The van der Waals surface area contributed by atoms with Crippen molar-refractivity contribution >= 4 is 34.7 Å². The molecule has 0 radical (unpaired) electrons. The van der Waals surface area contributed by atoms with E-state index in [9.17, 15) is 14.1 Å². The lowest BCUT2D eigenvalue weighted by Gasteiger charge is -2.22. The van der Waals surface area contributed by atoms with E-state index in [1.807, 2.05) is 0 Å². The Bertz CT molecular complexity index is 957. The van der Waals surface area contributed by atoms with Gasteiger partial charge in [0.15, 0.2) is 0 Å². The second kappa shape index (κ2) is 12.9. The lowest BCUT2D eigenvalue weighted by Crippen LogP contribution is -2.41. The van der Waals surface area contributed by atoms with Gasteiger partial charge >= 0.3 is 6.03 Å². The number of nitrogens with one attached hydrogen (secondary N) is 2. The van der Waals surface area contributed by atoms with Crippen LogP contribution in [0.3, 0.4) is 0 Å². The van der Waals surface area contributed by atoms with Crippen LogP contribution in [-0.4, -0.2) is 74.7 Å². The summed E-state index contributed by atoms with van der Waals surface area (Å²) in [6, 6.07) is 1.68. The fourth-order valence-electron chi connectivity index (χ4n) is 4.54. The van der Waals surface area contributed by atoms with Crippen LogP contribution in [0.15, 0.2) is 22.2 Å². The maximum absolute atomic E-state index is 12.9. The molecular weight excluding hydrogens is 470 g/mol. The highest BCUT2D eigenvalue weighted by Crippen LogP contribution is 2.38. The second-order valence-corrected chi connectivity index (χ2v) is 9.71. The number of hydrogen-bond donors (Lipinski definition) is 3. The van der Waals surface area contributed by atoms with Gasteiger partial charge in [-0.2, -0.15) is 0 Å². The fourth-order valence-corrected chi connectivity index (χ4v) is 5.10. The molecule has 11 heteroatoms. The molecule has 3 rings (SSSR count). The van der Waals surface area contributed by atoms with Gasteiger partial charge in [-0.25, -0.2) is 4.79 Å². The molecule has 1 atom stereocenters. The van der Waals surface area contributed by atoms with E-state index >= 15 is 0 Å². The van der Waals surface area contributed by atoms with E-state index in [1.165, 1.54) is 40.3 Å². The van der Waals surface area contributed by atoms with Crippen LogP contribution in [0.4, 0.5) is 10.5 Å². The summed E-state index contributed by atoms with van der Waals surface area (Å²) in [7, 11) is 4.54. The zero-order valence-corrected chi connectivity index (χ0v) is 21.5. The predicted octanol–water partition coefficient (Wildman–Crippen LogP) is 1.44. The van der Waals surface area contributed by atoms with Crippen LogP contribution in [0.5, 0.6) is 0 Å². The number of hydrogen-bond acceptors (Lipinski definition) is 7. The lowest BCUT2D eigenvalue weighted by molar-refractivity contribution is -0.125. The molecule has 0 aliphatic heterocycles. The van der Waals surface area contributed by atoms with Gasteiger partial charge in [0.25, 0.3) is 5.91 Å². The minimum Gasteiger partial charge on any atom is -0.587 e. The minimum absolute atomic E-state index is 0.0176. The Morgan fingerprint density at radius 1 is 1.11 bits per heavy atom. The molecule has 0 spiro atoms. The molecule has 3 amide bonds. The Labute approximate surface area is 209 Å². The zero-order chi connectivity index (χ0) is 25.4. The summed E-state index contributed by atoms with van der Waals surface area (Å²) in [6.45, 7) is 1.35. The third-order valence-electron chi connectivity index (χ3n) is 6.27. The molecule has 0 bridgehead atoms. The van der Waals surface area contributed by atoms with Gasteiger partial charge in [-0.1, -0.05) is 6.07 Å². The van der Waals surface area contributed by atoms with E-state index < -0.39 is 23.3 Å². The molecule has 0 saturated carbocycles. The third kappa shape index (κ3) is 6.75. The van der Waals surface area contributed by atoms with Gasteiger partial charge in [-0.15, -0.1) is 4.72 Å². The Balaban J connectivity index is 1.67. The monoisotopic (exact) mass is 505 g/mol. The number of anilines is 1. The Morgan fingerprint density at radius 2 is 1.69 bits per heavy atom. The third-order valence-corrected chi connectivity index (χ3v) is 7.18. The maximum Gasteiger partial charge on any atom is 0.361 e. The smallest absolute Gasteiger partial charge is 0.361 e. The van der Waals surface area contributed by atoms with E-state index in [0.29, 0.717) is 26.3 Å². The standard InChI is InChI=1S/C24H35N5O5S/c1-26-20(23(30)29(10-12-33-2)11-13-34-3)15-21(25)35(32)28-24(31)27-22-18-8-4-6-16(18)14-17-7-5-9-19(17)22/h14-15H,4-13,25H2,1-3H3,(H2,27,28,31). The number of aliphatic imine (C=N–C) groups is 1.